The van der Waals surface area contributed by atoms with Crippen molar-refractivity contribution in [2.45, 2.75) is 26.7 Å². The van der Waals surface area contributed by atoms with Crippen LogP contribution in [0, 0.1) is 18.8 Å². The molecule has 1 heteroatoms. The second-order valence-electron chi connectivity index (χ2n) is 6.04. The van der Waals surface area contributed by atoms with E-state index in [1.54, 1.807) is 0 Å². The van der Waals surface area contributed by atoms with E-state index in [9.17, 15) is 0 Å². The lowest BCUT2D eigenvalue weighted by atomic mass is 10.1. The molecule has 0 saturated heterocycles. The number of aryl methyl sites for hydroxylation is 1. The number of hydrogen-bond acceptors (Lipinski definition) is 1. The fourth-order valence-electron chi connectivity index (χ4n) is 2.51. The van der Waals surface area contributed by atoms with Crippen LogP contribution in [0.4, 0.5) is 0 Å². The third-order valence-corrected chi connectivity index (χ3v) is 3.98. The van der Waals surface area contributed by atoms with Gasteiger partial charge in [-0.15, -0.1) is 0 Å². The van der Waals surface area contributed by atoms with Gasteiger partial charge < -0.3 is 4.74 Å². The Morgan fingerprint density at radius 2 is 1.46 bits per heavy atom. The Morgan fingerprint density at radius 3 is 2.25 bits per heavy atom. The zero-order chi connectivity index (χ0) is 16.8. The molecule has 0 aliphatic carbocycles. The minimum atomic E-state index is 0.780. The van der Waals surface area contributed by atoms with Gasteiger partial charge in [-0.3, -0.25) is 0 Å². The Morgan fingerprint density at radius 1 is 0.792 bits per heavy atom. The van der Waals surface area contributed by atoms with Crippen molar-refractivity contribution in [3.8, 4) is 17.6 Å². The van der Waals surface area contributed by atoms with Gasteiger partial charge in [-0.2, -0.15) is 0 Å². The van der Waals surface area contributed by atoms with Gasteiger partial charge in [-0.25, -0.2) is 0 Å². The maximum absolute atomic E-state index is 5.77. The van der Waals surface area contributed by atoms with Crippen LogP contribution in [0.15, 0.2) is 60.7 Å². The van der Waals surface area contributed by atoms with Crippen molar-refractivity contribution in [1.82, 2.24) is 0 Å². The third-order valence-electron chi connectivity index (χ3n) is 3.98. The summed E-state index contributed by atoms with van der Waals surface area (Å²) in [5.41, 5.74) is 3.33. The zero-order valence-corrected chi connectivity index (χ0v) is 14.3. The standard InChI is InChI=1S/C23H22O/c1-3-4-15-24-23-14-13-21-16-20(11-12-22(21)17-23)10-9-19-7-5-18(2)6-8-19/h5-8,11-14,16-17H,3-4,15H2,1-2H3. The number of ether oxygens (including phenoxy) is 1. The van der Waals surface area contributed by atoms with Crippen LogP contribution in [0.5, 0.6) is 5.75 Å². The van der Waals surface area contributed by atoms with E-state index in [0.29, 0.717) is 0 Å². The number of fused-ring (bicyclic) bond motifs is 1. The molecule has 120 valence electrons. The van der Waals surface area contributed by atoms with Gasteiger partial charge >= 0.3 is 0 Å². The van der Waals surface area contributed by atoms with Crippen LogP contribution >= 0.6 is 0 Å². The summed E-state index contributed by atoms with van der Waals surface area (Å²) in [5.74, 6) is 7.41. The first-order valence-electron chi connectivity index (χ1n) is 8.50. The summed E-state index contributed by atoms with van der Waals surface area (Å²) < 4.78 is 5.77. The highest BCUT2D eigenvalue weighted by molar-refractivity contribution is 5.85. The van der Waals surface area contributed by atoms with Crippen LogP contribution in [-0.2, 0) is 0 Å². The molecule has 1 nitrogen and oxygen atoms in total. The Bertz CT molecular complexity index is 879. The quantitative estimate of drug-likeness (QED) is 0.441. The molecule has 24 heavy (non-hydrogen) atoms. The van der Waals surface area contributed by atoms with Gasteiger partial charge in [0, 0.05) is 11.1 Å². The number of rotatable bonds is 4. The SMILES string of the molecule is CCCCOc1ccc2cc(C#Cc3ccc(C)cc3)ccc2c1. The molecule has 0 N–H and O–H groups in total. The lowest BCUT2D eigenvalue weighted by Gasteiger charge is -2.06. The maximum atomic E-state index is 5.77. The van der Waals surface area contributed by atoms with Crippen molar-refractivity contribution in [1.29, 1.82) is 0 Å². The number of benzene rings is 3. The normalized spacial score (nSPS) is 10.2. The molecule has 3 aromatic rings. The first-order valence-corrected chi connectivity index (χ1v) is 8.50. The van der Waals surface area contributed by atoms with Gasteiger partial charge in [0.1, 0.15) is 5.75 Å². The van der Waals surface area contributed by atoms with Crippen LogP contribution in [0.25, 0.3) is 10.8 Å². The first-order chi connectivity index (χ1) is 11.7. The summed E-state index contributed by atoms with van der Waals surface area (Å²) >= 11 is 0. The molecular weight excluding hydrogens is 292 g/mol. The van der Waals surface area contributed by atoms with Crippen molar-refractivity contribution >= 4 is 10.8 Å². The maximum Gasteiger partial charge on any atom is 0.119 e. The molecule has 0 radical (unpaired) electrons. The smallest absolute Gasteiger partial charge is 0.119 e. The van der Waals surface area contributed by atoms with Gasteiger partial charge in [0.15, 0.2) is 0 Å². The third kappa shape index (κ3) is 4.18. The van der Waals surface area contributed by atoms with Crippen LogP contribution in [0.3, 0.4) is 0 Å². The molecule has 0 bridgehead atoms. The Balaban J connectivity index is 1.79. The molecule has 0 heterocycles. The molecule has 0 fully saturated rings. The largest absolute Gasteiger partial charge is 0.494 e. The van der Waals surface area contributed by atoms with Crippen LogP contribution in [0.1, 0.15) is 36.5 Å². The van der Waals surface area contributed by atoms with Crippen molar-refractivity contribution < 1.29 is 4.74 Å². The first kappa shape index (κ1) is 16.1. The molecule has 0 saturated carbocycles. The van der Waals surface area contributed by atoms with Crippen LogP contribution in [0.2, 0.25) is 0 Å². The lowest BCUT2D eigenvalue weighted by Crippen LogP contribution is -1.96. The summed E-state index contributed by atoms with van der Waals surface area (Å²) in [6.07, 6.45) is 2.24. The minimum Gasteiger partial charge on any atom is -0.494 e. The van der Waals surface area contributed by atoms with E-state index in [2.05, 4.69) is 80.3 Å². The van der Waals surface area contributed by atoms with Gasteiger partial charge in [-0.1, -0.05) is 55.0 Å². The second-order valence-corrected chi connectivity index (χ2v) is 6.04. The second kappa shape index (κ2) is 7.70. The Hall–Kier alpha value is -2.72. The van der Waals surface area contributed by atoms with Crippen molar-refractivity contribution in [3.63, 3.8) is 0 Å². The van der Waals surface area contributed by atoms with Crippen molar-refractivity contribution in [2.24, 2.45) is 0 Å². The van der Waals surface area contributed by atoms with E-state index < -0.39 is 0 Å². The monoisotopic (exact) mass is 314 g/mol. The van der Waals surface area contributed by atoms with Crippen molar-refractivity contribution in [3.05, 3.63) is 77.4 Å². The Labute approximate surface area is 144 Å². The van der Waals surface area contributed by atoms with Gasteiger partial charge in [0.05, 0.1) is 6.61 Å². The molecule has 0 atom stereocenters. The molecule has 0 aromatic heterocycles. The highest BCUT2D eigenvalue weighted by Crippen LogP contribution is 2.22. The summed E-state index contributed by atoms with van der Waals surface area (Å²) in [5, 5.41) is 2.37. The van der Waals surface area contributed by atoms with Gasteiger partial charge in [0.25, 0.3) is 0 Å². The van der Waals surface area contributed by atoms with E-state index in [-0.39, 0.29) is 0 Å². The number of hydrogen-bond donors (Lipinski definition) is 0. The highest BCUT2D eigenvalue weighted by Gasteiger charge is 1.99. The van der Waals surface area contributed by atoms with Gasteiger partial charge in [0.2, 0.25) is 0 Å². The molecule has 0 unspecified atom stereocenters. The Kier molecular flexibility index (Phi) is 5.18. The average Bonchev–Trinajstić information content (AvgIpc) is 2.61. The molecule has 0 aliphatic heterocycles. The molecule has 0 aliphatic rings. The summed E-state index contributed by atoms with van der Waals surface area (Å²) in [6, 6.07) is 20.8. The predicted octanol–water partition coefficient (Wildman–Crippen LogP) is 5.73. The summed E-state index contributed by atoms with van der Waals surface area (Å²) in [7, 11) is 0. The fourth-order valence-corrected chi connectivity index (χ4v) is 2.51. The highest BCUT2D eigenvalue weighted by atomic mass is 16.5. The minimum absolute atomic E-state index is 0.780. The van der Waals surface area contributed by atoms with Crippen LogP contribution < -0.4 is 4.74 Å². The zero-order valence-electron chi connectivity index (χ0n) is 14.3. The molecule has 0 amide bonds. The topological polar surface area (TPSA) is 9.23 Å². The van der Waals surface area contributed by atoms with E-state index in [1.807, 2.05) is 6.07 Å². The van der Waals surface area contributed by atoms with Crippen molar-refractivity contribution in [2.75, 3.05) is 6.61 Å². The predicted molar refractivity (Wildman–Crippen MR) is 102 cm³/mol. The van der Waals surface area contributed by atoms with E-state index >= 15 is 0 Å². The summed E-state index contributed by atoms with van der Waals surface area (Å²) in [4.78, 5) is 0. The molecule has 0 spiro atoms. The molecule has 3 rings (SSSR count). The number of unbranched alkanes of at least 4 members (excludes halogenated alkanes) is 1. The van der Waals surface area contributed by atoms with E-state index in [1.165, 1.54) is 16.3 Å². The average molecular weight is 314 g/mol. The molecular formula is C23H22O. The van der Waals surface area contributed by atoms with Crippen LogP contribution in [-0.4, -0.2) is 6.61 Å². The van der Waals surface area contributed by atoms with Gasteiger partial charge in [-0.05, 0) is 60.5 Å². The fraction of sp³-hybridized carbons (Fsp3) is 0.217. The summed E-state index contributed by atoms with van der Waals surface area (Å²) in [6.45, 7) is 5.03. The lowest BCUT2D eigenvalue weighted by molar-refractivity contribution is 0.310. The van der Waals surface area contributed by atoms with E-state index in [4.69, 9.17) is 4.74 Å². The molecule has 3 aromatic carbocycles. The van der Waals surface area contributed by atoms with E-state index in [0.717, 1.165) is 36.3 Å².